The number of phenolic OH excluding ortho intramolecular Hbond substituents is 2. The molecule has 2 N–H and O–H groups in total. The van der Waals surface area contributed by atoms with E-state index in [0.29, 0.717) is 34.3 Å². The summed E-state index contributed by atoms with van der Waals surface area (Å²) in [5.74, 6) is -0.931. The van der Waals surface area contributed by atoms with Crippen LogP contribution >= 0.6 is 0 Å². The van der Waals surface area contributed by atoms with Gasteiger partial charge in [-0.1, -0.05) is 52.0 Å². The molecule has 1 radical (unpaired) electrons. The van der Waals surface area contributed by atoms with Crippen molar-refractivity contribution in [1.82, 2.24) is 0 Å². The van der Waals surface area contributed by atoms with Crippen LogP contribution in [0.5, 0.6) is 11.5 Å². The first-order chi connectivity index (χ1) is 18.9. The predicted octanol–water partition coefficient (Wildman–Crippen LogP) is 5.14. The van der Waals surface area contributed by atoms with E-state index in [1.54, 1.807) is 24.6 Å². The fourth-order valence-electron chi connectivity index (χ4n) is 3.40. The third-order valence-corrected chi connectivity index (χ3v) is 6.03. The van der Waals surface area contributed by atoms with Crippen LogP contribution in [-0.2, 0) is 26.4 Å². The van der Waals surface area contributed by atoms with Gasteiger partial charge < -0.3 is 30.0 Å². The van der Waals surface area contributed by atoms with Gasteiger partial charge >= 0.3 is 16.8 Å². The number of benzene rings is 3. The minimum Gasteiger partial charge on any atom is -0.550 e. The summed E-state index contributed by atoms with van der Waals surface area (Å²) in [5, 5.41) is 38.3. The van der Waals surface area contributed by atoms with E-state index in [9.17, 15) is 10.2 Å². The van der Waals surface area contributed by atoms with Gasteiger partial charge in [-0.05, 0) is 86.1 Å². The quantitative estimate of drug-likeness (QED) is 0.340. The van der Waals surface area contributed by atoms with Gasteiger partial charge in [0.1, 0.15) is 11.5 Å². The van der Waals surface area contributed by atoms with E-state index >= 15 is 0 Å². The molecule has 2 atom stereocenters. The standard InChI is InChI=1S/C28H32N2O2.2C2H4O2.Co/c1-5-19(3)21-11-13-27(31)23(15-21)17-29-25-9-7-8-10-26(25)30-18-24-16-22(20(4)6-2)12-14-28(24)32;2*1-2(3)4;/h7-20,31-32H,5-6H2,1-4H3;2*1H3,(H,3,4);/q;;;+2/p-2. The summed E-state index contributed by atoms with van der Waals surface area (Å²) in [6.07, 6.45) is 5.42. The molecule has 0 aliphatic rings. The summed E-state index contributed by atoms with van der Waals surface area (Å²) in [4.78, 5) is 27.0. The second-order valence-corrected chi connectivity index (χ2v) is 9.24. The molecule has 0 bridgehead atoms. The van der Waals surface area contributed by atoms with Gasteiger partial charge in [0.25, 0.3) is 0 Å². The molecule has 0 aliphatic carbocycles. The monoisotopic (exact) mass is 605 g/mol. The zero-order valence-electron chi connectivity index (χ0n) is 24.3. The molecule has 3 aromatic carbocycles. The number of rotatable bonds is 8. The Morgan fingerprint density at radius 3 is 1.34 bits per heavy atom. The van der Waals surface area contributed by atoms with Gasteiger partial charge in [0.05, 0.1) is 11.4 Å². The second kappa shape index (κ2) is 19.2. The Morgan fingerprint density at radius 2 is 1.05 bits per heavy atom. The minimum atomic E-state index is -1.08. The van der Waals surface area contributed by atoms with Crippen molar-refractivity contribution in [3.05, 3.63) is 82.9 Å². The number of hydrogen-bond acceptors (Lipinski definition) is 8. The number of aliphatic imine (C=N–C) groups is 2. The summed E-state index contributed by atoms with van der Waals surface area (Å²) in [5.41, 5.74) is 5.09. The summed E-state index contributed by atoms with van der Waals surface area (Å²) < 4.78 is 0. The number of phenols is 2. The molecule has 8 nitrogen and oxygen atoms in total. The molecule has 0 saturated carbocycles. The first kappa shape index (κ1) is 37.0. The number of hydrogen-bond donors (Lipinski definition) is 2. The Bertz CT molecular complexity index is 1210. The number of carboxylic acids is 2. The first-order valence-electron chi connectivity index (χ1n) is 13.1. The number of carboxylic acid groups (broad SMARTS) is 2. The molecule has 0 amide bonds. The summed E-state index contributed by atoms with van der Waals surface area (Å²) in [6.45, 7) is 10.6. The van der Waals surface area contributed by atoms with Crippen LogP contribution < -0.4 is 10.2 Å². The molecule has 0 aliphatic heterocycles. The first-order valence-corrected chi connectivity index (χ1v) is 13.1. The SMILES string of the molecule is CC(=O)[O-].CC(=O)[O-].CCC(C)c1ccc(O)c(C=Nc2ccccc2N=Cc2cc(C(C)CC)ccc2O)c1.[Co+2]. The number of para-hydroxylation sites is 2. The van der Waals surface area contributed by atoms with Crippen molar-refractivity contribution in [1.29, 1.82) is 0 Å². The van der Waals surface area contributed by atoms with Crippen molar-refractivity contribution < 1.29 is 46.8 Å². The van der Waals surface area contributed by atoms with Gasteiger partial charge in [0, 0.05) is 35.5 Å². The Morgan fingerprint density at radius 1 is 0.732 bits per heavy atom. The van der Waals surface area contributed by atoms with Crippen LogP contribution in [0.2, 0.25) is 0 Å². The van der Waals surface area contributed by atoms with Crippen molar-refractivity contribution >= 4 is 35.7 Å². The Kier molecular flexibility index (Phi) is 17.3. The van der Waals surface area contributed by atoms with E-state index in [4.69, 9.17) is 19.8 Å². The maximum atomic E-state index is 10.3. The average molecular weight is 606 g/mol. The average Bonchev–Trinajstić information content (AvgIpc) is 2.91. The van der Waals surface area contributed by atoms with Crippen molar-refractivity contribution in [2.75, 3.05) is 0 Å². The Hall–Kier alpha value is -3.95. The van der Waals surface area contributed by atoms with Gasteiger partial charge in [-0.3, -0.25) is 9.98 Å². The van der Waals surface area contributed by atoms with Gasteiger partial charge in [0.2, 0.25) is 0 Å². The second-order valence-electron chi connectivity index (χ2n) is 9.24. The summed E-state index contributed by atoms with van der Waals surface area (Å²) in [7, 11) is 0. The normalized spacial score (nSPS) is 11.9. The van der Waals surface area contributed by atoms with Crippen LogP contribution in [0.3, 0.4) is 0 Å². The molecule has 221 valence electrons. The Balaban J connectivity index is 0.00000158. The van der Waals surface area contributed by atoms with Gasteiger partial charge in [0.15, 0.2) is 0 Å². The molecule has 9 heteroatoms. The molecule has 0 aromatic heterocycles. The molecular weight excluding hydrogens is 567 g/mol. The molecule has 41 heavy (non-hydrogen) atoms. The Labute approximate surface area is 252 Å². The van der Waals surface area contributed by atoms with Gasteiger partial charge in [-0.2, -0.15) is 0 Å². The van der Waals surface area contributed by atoms with Crippen LogP contribution in [0.25, 0.3) is 0 Å². The maximum Gasteiger partial charge on any atom is 2.00 e. The van der Waals surface area contributed by atoms with Crippen LogP contribution in [0.4, 0.5) is 11.4 Å². The van der Waals surface area contributed by atoms with Gasteiger partial charge in [-0.15, -0.1) is 0 Å². The molecule has 0 saturated heterocycles. The third-order valence-electron chi connectivity index (χ3n) is 6.03. The molecule has 2 unspecified atom stereocenters. The minimum absolute atomic E-state index is 0. The van der Waals surface area contributed by atoms with E-state index in [-0.39, 0.29) is 28.3 Å². The topological polar surface area (TPSA) is 145 Å². The molecular formula is C32H38CoN2O6. The van der Waals surface area contributed by atoms with E-state index in [0.717, 1.165) is 26.7 Å². The molecule has 0 heterocycles. The van der Waals surface area contributed by atoms with Crippen LogP contribution in [0.1, 0.15) is 88.5 Å². The molecule has 3 aromatic rings. The summed E-state index contributed by atoms with van der Waals surface area (Å²) >= 11 is 0. The predicted molar refractivity (Wildman–Crippen MR) is 156 cm³/mol. The zero-order chi connectivity index (χ0) is 30.2. The van der Waals surface area contributed by atoms with Crippen LogP contribution in [0, 0.1) is 0 Å². The van der Waals surface area contributed by atoms with Crippen LogP contribution in [-0.4, -0.2) is 34.6 Å². The maximum absolute atomic E-state index is 10.3. The van der Waals surface area contributed by atoms with Crippen molar-refractivity contribution in [2.45, 2.75) is 66.2 Å². The van der Waals surface area contributed by atoms with Crippen molar-refractivity contribution in [3.8, 4) is 11.5 Å². The van der Waals surface area contributed by atoms with E-state index < -0.39 is 11.9 Å². The number of carbonyl (C=O) groups excluding carboxylic acids is 2. The third kappa shape index (κ3) is 13.8. The molecule has 0 fully saturated rings. The van der Waals surface area contributed by atoms with E-state index in [1.807, 2.05) is 48.5 Å². The summed E-state index contributed by atoms with van der Waals surface area (Å²) in [6, 6.07) is 18.9. The fraction of sp³-hybridized carbons (Fsp3) is 0.312. The molecule has 0 spiro atoms. The van der Waals surface area contributed by atoms with E-state index in [1.165, 1.54) is 11.1 Å². The van der Waals surface area contributed by atoms with E-state index in [2.05, 4.69) is 37.7 Å². The number of aromatic hydroxyl groups is 2. The largest absolute Gasteiger partial charge is 2.00 e. The molecule has 3 rings (SSSR count). The number of aliphatic carboxylic acids is 2. The smallest absolute Gasteiger partial charge is 0.550 e. The van der Waals surface area contributed by atoms with Crippen LogP contribution in [0.15, 0.2) is 70.6 Å². The number of nitrogens with zero attached hydrogens (tertiary/aromatic N) is 2. The van der Waals surface area contributed by atoms with Crippen molar-refractivity contribution in [3.63, 3.8) is 0 Å². The zero-order valence-corrected chi connectivity index (χ0v) is 25.3. The van der Waals surface area contributed by atoms with Gasteiger partial charge in [-0.25, -0.2) is 0 Å². The van der Waals surface area contributed by atoms with Crippen molar-refractivity contribution in [2.24, 2.45) is 9.98 Å². The fourth-order valence-corrected chi connectivity index (χ4v) is 3.40. The number of carbonyl (C=O) groups is 2.